The van der Waals surface area contributed by atoms with Crippen LogP contribution < -0.4 is 4.74 Å². The quantitative estimate of drug-likeness (QED) is 0.472. The highest BCUT2D eigenvalue weighted by molar-refractivity contribution is 5.29. The lowest BCUT2D eigenvalue weighted by atomic mass is 9.73. The molecule has 6 nitrogen and oxygen atoms in total. The molecule has 1 unspecified atom stereocenters. The van der Waals surface area contributed by atoms with Crippen LogP contribution in [0.5, 0.6) is 5.75 Å². The molecule has 0 radical (unpaired) electrons. The lowest BCUT2D eigenvalue weighted by molar-refractivity contribution is -0.904. The van der Waals surface area contributed by atoms with E-state index in [0.29, 0.717) is 29.4 Å². The number of nitrogens with zero attached hydrogens (tertiary/aromatic N) is 3. The number of ether oxygens (including phenoxy) is 1. The normalized spacial score (nSPS) is 17.0. The van der Waals surface area contributed by atoms with Crippen molar-refractivity contribution in [3.63, 3.8) is 0 Å². The molecule has 0 saturated heterocycles. The van der Waals surface area contributed by atoms with Gasteiger partial charge >= 0.3 is 0 Å². The number of hydrogen-bond donors (Lipinski definition) is 1. The first-order chi connectivity index (χ1) is 15.9. The summed E-state index contributed by atoms with van der Waals surface area (Å²) in [6.07, 6.45) is 5.37. The first-order valence-electron chi connectivity index (χ1n) is 12.0. The van der Waals surface area contributed by atoms with Crippen LogP contribution in [-0.4, -0.2) is 47.0 Å². The van der Waals surface area contributed by atoms with Gasteiger partial charge in [-0.05, 0) is 37.5 Å². The van der Waals surface area contributed by atoms with Crippen molar-refractivity contribution in [1.29, 1.82) is 0 Å². The van der Waals surface area contributed by atoms with Gasteiger partial charge in [0.1, 0.15) is 18.9 Å². The summed E-state index contributed by atoms with van der Waals surface area (Å²) in [5.41, 5.74) is 0.792. The van der Waals surface area contributed by atoms with Crippen LogP contribution in [0.2, 0.25) is 0 Å². The van der Waals surface area contributed by atoms with Crippen molar-refractivity contribution in [2.24, 2.45) is 5.92 Å². The average Bonchev–Trinajstić information content (AvgIpc) is 3.29. The van der Waals surface area contributed by atoms with E-state index >= 15 is 0 Å². The third kappa shape index (κ3) is 5.63. The summed E-state index contributed by atoms with van der Waals surface area (Å²) in [7, 11) is 4.24. The molecular weight excluding hydrogens is 414 g/mol. The maximum atomic E-state index is 12.0. The van der Waals surface area contributed by atoms with Gasteiger partial charge in [0.25, 0.3) is 11.8 Å². The average molecular weight is 451 g/mol. The van der Waals surface area contributed by atoms with Crippen LogP contribution in [0.25, 0.3) is 0 Å². The molecule has 2 aromatic carbocycles. The van der Waals surface area contributed by atoms with E-state index in [0.717, 1.165) is 43.5 Å². The van der Waals surface area contributed by atoms with Crippen LogP contribution in [0, 0.1) is 12.8 Å². The fourth-order valence-corrected chi connectivity index (χ4v) is 4.71. The van der Waals surface area contributed by atoms with Crippen LogP contribution in [-0.2, 0) is 12.1 Å². The fraction of sp³-hybridized carbons (Fsp3) is 0.481. The van der Waals surface area contributed by atoms with Gasteiger partial charge in [0, 0.05) is 5.92 Å². The molecule has 0 aliphatic heterocycles. The van der Waals surface area contributed by atoms with Gasteiger partial charge < -0.3 is 18.7 Å². The number of aromatic nitrogens is 2. The minimum atomic E-state index is -1.25. The zero-order valence-electron chi connectivity index (χ0n) is 20.0. The van der Waals surface area contributed by atoms with Crippen molar-refractivity contribution >= 4 is 0 Å². The zero-order chi connectivity index (χ0) is 23.3. The van der Waals surface area contributed by atoms with Gasteiger partial charge in [-0.1, -0.05) is 67.3 Å². The summed E-state index contributed by atoms with van der Waals surface area (Å²) in [5, 5.41) is 20.6. The largest absolute Gasteiger partial charge is 0.488 e. The Morgan fingerprint density at radius 1 is 1.00 bits per heavy atom. The summed E-state index contributed by atoms with van der Waals surface area (Å²) in [5.74, 6) is 1.80. The Bertz CT molecular complexity index is 1010. The molecule has 0 spiro atoms. The summed E-state index contributed by atoms with van der Waals surface area (Å²) >= 11 is 0. The highest BCUT2D eigenvalue weighted by atomic mass is 16.5. The van der Waals surface area contributed by atoms with Crippen molar-refractivity contribution in [1.82, 2.24) is 10.2 Å². The second-order valence-electron chi connectivity index (χ2n) is 9.95. The Morgan fingerprint density at radius 3 is 2.39 bits per heavy atom. The van der Waals surface area contributed by atoms with Gasteiger partial charge in [-0.3, -0.25) is 0 Å². The predicted octanol–water partition coefficient (Wildman–Crippen LogP) is 4.85. The molecule has 1 aliphatic carbocycles. The number of aryl methyl sites for hydroxylation is 1. The lowest BCUT2D eigenvalue weighted by Crippen LogP contribution is -2.42. The summed E-state index contributed by atoms with van der Waals surface area (Å²) < 4.78 is 12.7. The molecule has 1 heterocycles. The Labute approximate surface area is 196 Å². The van der Waals surface area contributed by atoms with Gasteiger partial charge in [0.2, 0.25) is 0 Å². The molecule has 176 valence electrons. The standard InChI is InChI=1S/C27H36N3O3/c1-21-14-16-24(17-15-21)32-19-18-30(2,3)20-25-28-29-26(33-25)27(31,22-10-6-4-7-11-22)23-12-8-5-9-13-23/h4,6-7,10-11,14-17,23,31H,5,8-9,12-13,18-20H2,1-3H3/q+1. The Hall–Kier alpha value is -2.70. The van der Waals surface area contributed by atoms with E-state index in [1.54, 1.807) is 0 Å². The third-order valence-corrected chi connectivity index (χ3v) is 6.75. The maximum Gasteiger partial charge on any atom is 0.271 e. The van der Waals surface area contributed by atoms with E-state index in [1.807, 2.05) is 42.5 Å². The number of likely N-dealkylation sites (N-methyl/N-ethyl adjacent to an activating group) is 1. The van der Waals surface area contributed by atoms with Crippen LogP contribution in [0.4, 0.5) is 0 Å². The smallest absolute Gasteiger partial charge is 0.271 e. The molecule has 1 atom stereocenters. The Kier molecular flexibility index (Phi) is 7.15. The van der Waals surface area contributed by atoms with Gasteiger partial charge in [-0.2, -0.15) is 0 Å². The predicted molar refractivity (Wildman–Crippen MR) is 128 cm³/mol. The number of aliphatic hydroxyl groups is 1. The fourth-order valence-electron chi connectivity index (χ4n) is 4.71. The lowest BCUT2D eigenvalue weighted by Gasteiger charge is -2.36. The van der Waals surface area contributed by atoms with E-state index in [4.69, 9.17) is 9.15 Å². The van der Waals surface area contributed by atoms with E-state index in [2.05, 4.69) is 43.3 Å². The highest BCUT2D eigenvalue weighted by Gasteiger charge is 2.45. The molecule has 6 heteroatoms. The first kappa shape index (κ1) is 23.5. The minimum Gasteiger partial charge on any atom is -0.488 e. The summed E-state index contributed by atoms with van der Waals surface area (Å²) in [4.78, 5) is 0. The molecule has 0 amide bonds. The molecule has 0 bridgehead atoms. The molecule has 1 N–H and O–H groups in total. The highest BCUT2D eigenvalue weighted by Crippen LogP contribution is 2.43. The molecule has 1 aliphatic rings. The Balaban J connectivity index is 1.46. The molecular formula is C27H36N3O3+. The number of quaternary nitrogens is 1. The van der Waals surface area contributed by atoms with E-state index < -0.39 is 5.60 Å². The van der Waals surface area contributed by atoms with Gasteiger partial charge in [-0.25, -0.2) is 0 Å². The molecule has 1 saturated carbocycles. The SMILES string of the molecule is Cc1ccc(OCC[N+](C)(C)Cc2nnc(C(O)(c3ccccc3)C3CCCCC3)o2)cc1. The van der Waals surface area contributed by atoms with Crippen molar-refractivity contribution in [3.05, 3.63) is 77.5 Å². The number of benzene rings is 2. The van der Waals surface area contributed by atoms with Crippen LogP contribution in [0.15, 0.2) is 59.0 Å². The number of rotatable bonds is 9. The topological polar surface area (TPSA) is 68.4 Å². The van der Waals surface area contributed by atoms with E-state index in [-0.39, 0.29) is 5.92 Å². The molecule has 33 heavy (non-hydrogen) atoms. The van der Waals surface area contributed by atoms with E-state index in [1.165, 1.54) is 12.0 Å². The van der Waals surface area contributed by atoms with Crippen molar-refractivity contribution < 1.29 is 18.7 Å². The van der Waals surface area contributed by atoms with Crippen molar-refractivity contribution in [3.8, 4) is 5.75 Å². The van der Waals surface area contributed by atoms with Crippen LogP contribution in [0.3, 0.4) is 0 Å². The molecule has 1 fully saturated rings. The van der Waals surface area contributed by atoms with Gasteiger partial charge in [0.05, 0.1) is 14.1 Å². The molecule has 1 aromatic heterocycles. The van der Waals surface area contributed by atoms with E-state index in [9.17, 15) is 5.11 Å². The maximum absolute atomic E-state index is 12.0. The Morgan fingerprint density at radius 2 is 1.70 bits per heavy atom. The van der Waals surface area contributed by atoms with Crippen LogP contribution in [0.1, 0.15) is 55.0 Å². The third-order valence-electron chi connectivity index (χ3n) is 6.75. The minimum absolute atomic E-state index is 0.0763. The summed E-state index contributed by atoms with van der Waals surface area (Å²) in [6.45, 7) is 4.01. The van der Waals surface area contributed by atoms with Crippen molar-refractivity contribution in [2.75, 3.05) is 27.2 Å². The molecule has 3 aromatic rings. The van der Waals surface area contributed by atoms with Crippen molar-refractivity contribution in [2.45, 2.75) is 51.2 Å². The second kappa shape index (κ2) is 10.1. The summed E-state index contributed by atoms with van der Waals surface area (Å²) in [6, 6.07) is 17.9. The second-order valence-corrected chi connectivity index (χ2v) is 9.95. The van der Waals surface area contributed by atoms with Gasteiger partial charge in [-0.15, -0.1) is 10.2 Å². The molecule has 4 rings (SSSR count). The van der Waals surface area contributed by atoms with Crippen LogP contribution >= 0.6 is 0 Å². The number of hydrogen-bond acceptors (Lipinski definition) is 5. The zero-order valence-corrected chi connectivity index (χ0v) is 20.0. The first-order valence-corrected chi connectivity index (χ1v) is 12.0. The monoisotopic (exact) mass is 450 g/mol. The van der Waals surface area contributed by atoms with Gasteiger partial charge in [0.15, 0.2) is 12.1 Å².